The Bertz CT molecular complexity index is 729. The monoisotopic (exact) mass is 416 g/mol. The van der Waals surface area contributed by atoms with Crippen LogP contribution >= 0.6 is 0 Å². The third-order valence-electron chi connectivity index (χ3n) is 5.82. The van der Waals surface area contributed by atoms with E-state index >= 15 is 0 Å². The maximum absolute atomic E-state index is 12.0. The van der Waals surface area contributed by atoms with Gasteiger partial charge >= 0.3 is 12.0 Å². The van der Waals surface area contributed by atoms with Gasteiger partial charge in [-0.1, -0.05) is 19.3 Å². The topological polar surface area (TPSA) is 93.2 Å². The zero-order valence-corrected chi connectivity index (χ0v) is 17.5. The number of unbranched alkanes of at least 4 members (excludes halogenated alkanes) is 4. The first-order valence-corrected chi connectivity index (χ1v) is 10.9. The molecule has 2 fully saturated rings. The third kappa shape index (κ3) is 6.45. The summed E-state index contributed by atoms with van der Waals surface area (Å²) in [5, 5.41) is 11.0. The van der Waals surface area contributed by atoms with Crippen molar-refractivity contribution in [2.75, 3.05) is 49.1 Å². The first kappa shape index (κ1) is 22.1. The van der Waals surface area contributed by atoms with Crippen LogP contribution in [0, 0.1) is 0 Å². The van der Waals surface area contributed by atoms with E-state index in [1.165, 1.54) is 6.42 Å². The molecule has 0 unspecified atom stereocenters. The molecule has 0 radical (unpaired) electrons. The minimum Gasteiger partial charge on any atom is -0.481 e. The average molecular weight is 417 g/mol. The summed E-state index contributed by atoms with van der Waals surface area (Å²) in [6.45, 7) is 5.57. The lowest BCUT2D eigenvalue weighted by molar-refractivity contribution is -0.137. The van der Waals surface area contributed by atoms with Gasteiger partial charge in [-0.2, -0.15) is 0 Å². The highest BCUT2D eigenvalue weighted by Crippen LogP contribution is 2.23. The number of carboxylic acids is 1. The minimum absolute atomic E-state index is 0.219. The number of anilines is 2. The standard InChI is InChI=1S/C22H32N4O4/c27-20-11-13-26(22(30)23-20)19-9-7-18(8-10-19)25-16-14-24(15-17-25)12-5-3-1-2-4-6-21(28)29/h7-10H,1-6,11-17H2,(H,28,29)(H,23,27,30). The number of carbonyl (C=O) groups excluding carboxylic acids is 2. The Morgan fingerprint density at radius 3 is 2.17 bits per heavy atom. The summed E-state index contributed by atoms with van der Waals surface area (Å²) in [5.74, 6) is -0.917. The summed E-state index contributed by atoms with van der Waals surface area (Å²) in [6, 6.07) is 7.63. The quantitative estimate of drug-likeness (QED) is 0.570. The van der Waals surface area contributed by atoms with Crippen molar-refractivity contribution in [1.82, 2.24) is 10.2 Å². The van der Waals surface area contributed by atoms with Crippen molar-refractivity contribution in [1.29, 1.82) is 0 Å². The molecule has 30 heavy (non-hydrogen) atoms. The van der Waals surface area contributed by atoms with E-state index in [0.717, 1.165) is 69.8 Å². The summed E-state index contributed by atoms with van der Waals surface area (Å²) in [5.41, 5.74) is 1.97. The number of urea groups is 1. The highest BCUT2D eigenvalue weighted by atomic mass is 16.4. The fourth-order valence-electron chi connectivity index (χ4n) is 4.03. The van der Waals surface area contributed by atoms with Gasteiger partial charge < -0.3 is 10.0 Å². The number of carbonyl (C=O) groups is 3. The Morgan fingerprint density at radius 2 is 1.50 bits per heavy atom. The van der Waals surface area contributed by atoms with Crippen molar-refractivity contribution >= 4 is 29.3 Å². The lowest BCUT2D eigenvalue weighted by Gasteiger charge is -2.36. The lowest BCUT2D eigenvalue weighted by Crippen LogP contribution is -2.49. The number of amides is 3. The highest BCUT2D eigenvalue weighted by molar-refractivity contribution is 6.05. The molecular formula is C22H32N4O4. The number of benzene rings is 1. The van der Waals surface area contributed by atoms with Crippen LogP contribution in [-0.2, 0) is 9.59 Å². The second-order valence-corrected chi connectivity index (χ2v) is 8.01. The highest BCUT2D eigenvalue weighted by Gasteiger charge is 2.24. The van der Waals surface area contributed by atoms with E-state index in [2.05, 4.69) is 15.1 Å². The maximum Gasteiger partial charge on any atom is 0.328 e. The molecule has 2 heterocycles. The fraction of sp³-hybridized carbons (Fsp3) is 0.591. The molecule has 164 valence electrons. The number of nitrogens with one attached hydrogen (secondary N) is 1. The van der Waals surface area contributed by atoms with Crippen LogP contribution in [-0.4, -0.2) is 67.2 Å². The van der Waals surface area contributed by atoms with Crippen molar-refractivity contribution in [2.24, 2.45) is 0 Å². The Hall–Kier alpha value is -2.61. The van der Waals surface area contributed by atoms with Gasteiger partial charge in [0.25, 0.3) is 0 Å². The van der Waals surface area contributed by atoms with Crippen molar-refractivity contribution in [2.45, 2.75) is 44.9 Å². The number of aliphatic carboxylic acids is 1. The van der Waals surface area contributed by atoms with E-state index in [-0.39, 0.29) is 18.4 Å². The molecule has 0 aromatic heterocycles. The van der Waals surface area contributed by atoms with E-state index in [1.807, 2.05) is 24.3 Å². The van der Waals surface area contributed by atoms with Crippen LogP contribution in [0.25, 0.3) is 0 Å². The number of rotatable bonds is 10. The van der Waals surface area contributed by atoms with Crippen LogP contribution in [0.3, 0.4) is 0 Å². The Balaban J connectivity index is 1.35. The van der Waals surface area contributed by atoms with Crippen LogP contribution in [0.4, 0.5) is 16.2 Å². The number of imide groups is 1. The van der Waals surface area contributed by atoms with Gasteiger partial charge in [-0.05, 0) is 43.7 Å². The summed E-state index contributed by atoms with van der Waals surface area (Å²) in [7, 11) is 0. The molecule has 1 aromatic rings. The van der Waals surface area contributed by atoms with E-state index < -0.39 is 5.97 Å². The van der Waals surface area contributed by atoms with Gasteiger partial charge in [0.1, 0.15) is 0 Å². The van der Waals surface area contributed by atoms with E-state index in [9.17, 15) is 14.4 Å². The number of piperazine rings is 1. The molecule has 2 aliphatic rings. The second-order valence-electron chi connectivity index (χ2n) is 8.01. The number of hydrogen-bond acceptors (Lipinski definition) is 5. The van der Waals surface area contributed by atoms with Gasteiger partial charge in [0.2, 0.25) is 5.91 Å². The molecule has 3 rings (SSSR count). The van der Waals surface area contributed by atoms with Gasteiger partial charge in [0.05, 0.1) is 0 Å². The lowest BCUT2D eigenvalue weighted by atomic mass is 10.1. The molecule has 2 aliphatic heterocycles. The van der Waals surface area contributed by atoms with Crippen molar-refractivity contribution in [3.8, 4) is 0 Å². The van der Waals surface area contributed by atoms with Crippen LogP contribution in [0.2, 0.25) is 0 Å². The van der Waals surface area contributed by atoms with E-state index in [0.29, 0.717) is 13.0 Å². The average Bonchev–Trinajstić information content (AvgIpc) is 2.73. The van der Waals surface area contributed by atoms with Crippen molar-refractivity contribution in [3.05, 3.63) is 24.3 Å². The smallest absolute Gasteiger partial charge is 0.328 e. The molecule has 8 nitrogen and oxygen atoms in total. The molecule has 1 aromatic carbocycles. The molecule has 2 N–H and O–H groups in total. The second kappa shape index (κ2) is 11.0. The zero-order valence-electron chi connectivity index (χ0n) is 17.5. The van der Waals surface area contributed by atoms with Crippen molar-refractivity contribution in [3.63, 3.8) is 0 Å². The molecule has 0 aliphatic carbocycles. The molecule has 2 saturated heterocycles. The maximum atomic E-state index is 12.0. The normalized spacial score (nSPS) is 17.9. The van der Waals surface area contributed by atoms with Gasteiger partial charge in [-0.25, -0.2) is 4.79 Å². The predicted molar refractivity (Wildman–Crippen MR) is 116 cm³/mol. The fourth-order valence-corrected chi connectivity index (χ4v) is 4.03. The molecule has 0 saturated carbocycles. The van der Waals surface area contributed by atoms with Gasteiger partial charge in [0, 0.05) is 56.9 Å². The largest absolute Gasteiger partial charge is 0.481 e. The number of carboxylic acid groups (broad SMARTS) is 1. The molecule has 8 heteroatoms. The summed E-state index contributed by atoms with van der Waals surface area (Å²) in [6.07, 6.45) is 5.85. The van der Waals surface area contributed by atoms with Crippen LogP contribution in [0.15, 0.2) is 24.3 Å². The first-order chi connectivity index (χ1) is 14.5. The molecule has 3 amide bonds. The predicted octanol–water partition coefficient (Wildman–Crippen LogP) is 2.68. The van der Waals surface area contributed by atoms with Gasteiger partial charge in [-0.15, -0.1) is 0 Å². The SMILES string of the molecule is O=C(O)CCCCCCCN1CCN(c2ccc(N3CCC(=O)NC3=O)cc2)CC1. The van der Waals surface area contributed by atoms with Gasteiger partial charge in [-0.3, -0.25) is 24.7 Å². The minimum atomic E-state index is -0.698. The molecule has 0 spiro atoms. The summed E-state index contributed by atoms with van der Waals surface area (Å²) >= 11 is 0. The molecule has 0 bridgehead atoms. The molecule has 0 atom stereocenters. The third-order valence-corrected chi connectivity index (χ3v) is 5.82. The van der Waals surface area contributed by atoms with Crippen LogP contribution in [0.5, 0.6) is 0 Å². The Labute approximate surface area is 177 Å². The van der Waals surface area contributed by atoms with Gasteiger partial charge in [0.15, 0.2) is 0 Å². The van der Waals surface area contributed by atoms with Crippen molar-refractivity contribution < 1.29 is 19.5 Å². The first-order valence-electron chi connectivity index (χ1n) is 10.9. The van der Waals surface area contributed by atoms with Crippen LogP contribution < -0.4 is 15.1 Å². The number of nitrogens with zero attached hydrogens (tertiary/aromatic N) is 3. The molecular weight excluding hydrogens is 384 g/mol. The summed E-state index contributed by atoms with van der Waals surface area (Å²) < 4.78 is 0. The Morgan fingerprint density at radius 1 is 0.867 bits per heavy atom. The zero-order chi connectivity index (χ0) is 21.3. The van der Waals surface area contributed by atoms with E-state index in [4.69, 9.17) is 5.11 Å². The number of hydrogen-bond donors (Lipinski definition) is 2. The summed E-state index contributed by atoms with van der Waals surface area (Å²) in [4.78, 5) is 40.2. The van der Waals surface area contributed by atoms with Crippen LogP contribution in [0.1, 0.15) is 44.9 Å². The Kier molecular flexibility index (Phi) is 8.07. The van der Waals surface area contributed by atoms with E-state index in [1.54, 1.807) is 4.90 Å².